The summed E-state index contributed by atoms with van der Waals surface area (Å²) in [4.78, 5) is 29.3. The number of fused-ring (bicyclic) bond motifs is 4. The second-order valence-corrected chi connectivity index (χ2v) is 17.4. The van der Waals surface area contributed by atoms with Crippen molar-refractivity contribution in [3.63, 3.8) is 0 Å². The van der Waals surface area contributed by atoms with Crippen molar-refractivity contribution in [2.24, 2.45) is 22.1 Å². The summed E-state index contributed by atoms with van der Waals surface area (Å²) in [6, 6.07) is 11.1. The number of urea groups is 1. The Labute approximate surface area is 289 Å². The van der Waals surface area contributed by atoms with Crippen LogP contribution in [0.15, 0.2) is 52.9 Å². The molecule has 1 unspecified atom stereocenters. The SMILES string of the molecule is CO[C@H]1/C=C\C[C@H](C)[C@@H](C)S(=O)(NC(=O)NC2CC2)=NC(=O)c2ccc3c(c2)N(C[C@@H]2CC[C@H]21)C[C@@]1(CCCc2cc(Cl)ccc21)CO3. The highest BCUT2D eigenvalue weighted by atomic mass is 35.5. The minimum Gasteiger partial charge on any atom is -0.490 e. The number of amides is 3. The van der Waals surface area contributed by atoms with Crippen LogP contribution in [0.4, 0.5) is 10.5 Å². The molecule has 7 atom stereocenters. The maximum atomic E-state index is 14.5. The third-order valence-electron chi connectivity index (χ3n) is 11.4. The van der Waals surface area contributed by atoms with Gasteiger partial charge in [0.25, 0.3) is 5.91 Å². The smallest absolute Gasteiger partial charge is 0.327 e. The summed E-state index contributed by atoms with van der Waals surface area (Å²) in [6.45, 7) is 5.82. The summed E-state index contributed by atoms with van der Waals surface area (Å²) in [5.74, 6) is 0.722. The van der Waals surface area contributed by atoms with E-state index in [4.69, 9.17) is 21.1 Å². The normalized spacial score (nSPS) is 34.0. The van der Waals surface area contributed by atoms with Gasteiger partial charge in [-0.2, -0.15) is 0 Å². The molecule has 5 aliphatic rings. The van der Waals surface area contributed by atoms with E-state index in [-0.39, 0.29) is 23.5 Å². The van der Waals surface area contributed by atoms with Gasteiger partial charge in [-0.1, -0.05) is 36.7 Å². The lowest BCUT2D eigenvalue weighted by atomic mass is 9.68. The molecule has 2 bridgehead atoms. The van der Waals surface area contributed by atoms with Crippen molar-refractivity contribution in [1.29, 1.82) is 0 Å². The molecule has 7 rings (SSSR count). The minimum atomic E-state index is -3.50. The topological polar surface area (TPSA) is 109 Å². The summed E-state index contributed by atoms with van der Waals surface area (Å²) in [5, 5.41) is 2.99. The Morgan fingerprint density at radius 1 is 1.15 bits per heavy atom. The average Bonchev–Trinajstić information content (AvgIpc) is 3.88. The van der Waals surface area contributed by atoms with Crippen molar-refractivity contribution in [2.45, 2.75) is 88.0 Å². The van der Waals surface area contributed by atoms with Crippen molar-refractivity contribution < 1.29 is 23.3 Å². The number of hydrogen-bond acceptors (Lipinski definition) is 6. The first-order chi connectivity index (χ1) is 23.1. The van der Waals surface area contributed by atoms with Crippen molar-refractivity contribution in [2.75, 3.05) is 31.7 Å². The Hall–Kier alpha value is -3.08. The van der Waals surface area contributed by atoms with Crippen LogP contribution in [0, 0.1) is 17.8 Å². The number of aryl methyl sites for hydroxylation is 1. The largest absolute Gasteiger partial charge is 0.490 e. The number of ether oxygens (including phenoxy) is 2. The molecular weight excluding hydrogens is 648 g/mol. The van der Waals surface area contributed by atoms with Gasteiger partial charge in [-0.05, 0) is 118 Å². The van der Waals surface area contributed by atoms with Crippen LogP contribution >= 0.6 is 11.6 Å². The van der Waals surface area contributed by atoms with E-state index in [2.05, 4.69) is 43.6 Å². The van der Waals surface area contributed by atoms with Crippen molar-refractivity contribution >= 4 is 39.1 Å². The number of carbonyl (C=O) groups is 2. The molecule has 0 radical (unpaired) electrons. The zero-order valence-corrected chi connectivity index (χ0v) is 29.7. The number of anilines is 1. The van der Waals surface area contributed by atoms with Crippen LogP contribution in [0.25, 0.3) is 0 Å². The van der Waals surface area contributed by atoms with E-state index in [0.29, 0.717) is 36.2 Å². The van der Waals surface area contributed by atoms with E-state index in [9.17, 15) is 13.8 Å². The Balaban J connectivity index is 1.31. The van der Waals surface area contributed by atoms with Gasteiger partial charge in [-0.25, -0.2) is 13.7 Å². The summed E-state index contributed by atoms with van der Waals surface area (Å²) >= 11 is 6.45. The first-order valence-electron chi connectivity index (χ1n) is 17.5. The summed E-state index contributed by atoms with van der Waals surface area (Å²) in [6.07, 6.45) is 11.8. The van der Waals surface area contributed by atoms with Gasteiger partial charge in [0.15, 0.2) is 0 Å². The first-order valence-corrected chi connectivity index (χ1v) is 19.4. The number of allylic oxidation sites excluding steroid dienone is 1. The van der Waals surface area contributed by atoms with Crippen LogP contribution < -0.4 is 19.7 Å². The van der Waals surface area contributed by atoms with Gasteiger partial charge in [0.2, 0.25) is 0 Å². The van der Waals surface area contributed by atoms with Crippen LogP contribution in [0.1, 0.15) is 80.3 Å². The molecule has 1 spiro atoms. The lowest BCUT2D eigenvalue weighted by Gasteiger charge is -2.46. The molecule has 258 valence electrons. The van der Waals surface area contributed by atoms with Gasteiger partial charge in [0.1, 0.15) is 15.7 Å². The molecule has 2 fully saturated rings. The highest BCUT2D eigenvalue weighted by molar-refractivity contribution is 7.93. The Morgan fingerprint density at radius 2 is 1.98 bits per heavy atom. The molecule has 2 aliphatic heterocycles. The van der Waals surface area contributed by atoms with Crippen LogP contribution in [0.3, 0.4) is 0 Å². The second-order valence-electron chi connectivity index (χ2n) is 14.6. The number of rotatable bonds is 3. The Kier molecular flexibility index (Phi) is 9.28. The van der Waals surface area contributed by atoms with E-state index < -0.39 is 27.1 Å². The lowest BCUT2D eigenvalue weighted by molar-refractivity contribution is 0.0131. The summed E-state index contributed by atoms with van der Waals surface area (Å²) in [5.41, 5.74) is 3.47. The van der Waals surface area contributed by atoms with Gasteiger partial charge in [-0.3, -0.25) is 4.79 Å². The summed E-state index contributed by atoms with van der Waals surface area (Å²) in [7, 11) is -1.72. The third kappa shape index (κ3) is 6.60. The van der Waals surface area contributed by atoms with Gasteiger partial charge in [0.05, 0.1) is 23.6 Å². The van der Waals surface area contributed by atoms with E-state index in [0.717, 1.165) is 68.7 Å². The number of methoxy groups -OCH3 is 1. The number of benzene rings is 2. The van der Waals surface area contributed by atoms with Crippen LogP contribution in [0.5, 0.6) is 5.75 Å². The zero-order valence-electron chi connectivity index (χ0n) is 28.1. The van der Waals surface area contributed by atoms with Gasteiger partial charge in [0, 0.05) is 42.2 Å². The van der Waals surface area contributed by atoms with E-state index in [1.54, 1.807) is 20.1 Å². The molecule has 2 aromatic rings. The molecule has 2 N–H and O–H groups in total. The monoisotopic (exact) mass is 694 g/mol. The molecule has 3 amide bonds. The predicted molar refractivity (Wildman–Crippen MR) is 189 cm³/mol. The fraction of sp³-hybridized carbons (Fsp3) is 0.568. The Bertz CT molecular complexity index is 1740. The molecule has 0 aromatic heterocycles. The number of nitrogens with one attached hydrogen (secondary N) is 2. The van der Waals surface area contributed by atoms with Gasteiger partial charge in [-0.15, -0.1) is 4.36 Å². The molecule has 9 nitrogen and oxygen atoms in total. The molecule has 11 heteroatoms. The number of carbonyl (C=O) groups excluding carboxylic acids is 2. The highest BCUT2D eigenvalue weighted by Gasteiger charge is 2.44. The quantitative estimate of drug-likeness (QED) is 0.341. The van der Waals surface area contributed by atoms with Gasteiger partial charge < -0.3 is 19.7 Å². The second kappa shape index (κ2) is 13.3. The fourth-order valence-corrected chi connectivity index (χ4v) is 10.1. The van der Waals surface area contributed by atoms with Crippen molar-refractivity contribution in [1.82, 2.24) is 10.0 Å². The summed E-state index contributed by atoms with van der Waals surface area (Å²) < 4.78 is 34.2. The molecule has 2 saturated carbocycles. The third-order valence-corrected chi connectivity index (χ3v) is 14.0. The molecular formula is C37H47ClN4O5S. The van der Waals surface area contributed by atoms with Crippen molar-refractivity contribution in [3.8, 4) is 5.75 Å². The maximum absolute atomic E-state index is 14.5. The number of nitrogens with zero attached hydrogens (tertiary/aromatic N) is 2. The fourth-order valence-electron chi connectivity index (χ4n) is 8.06. The molecule has 48 heavy (non-hydrogen) atoms. The van der Waals surface area contributed by atoms with Crippen LogP contribution in [-0.2, 0) is 26.5 Å². The lowest BCUT2D eigenvalue weighted by Crippen LogP contribution is -2.49. The van der Waals surface area contributed by atoms with E-state index in [1.165, 1.54) is 11.1 Å². The zero-order chi connectivity index (χ0) is 33.6. The molecule has 2 aromatic carbocycles. The predicted octanol–water partition coefficient (Wildman–Crippen LogP) is 6.82. The Morgan fingerprint density at radius 3 is 2.73 bits per heavy atom. The first kappa shape index (κ1) is 33.4. The minimum absolute atomic E-state index is 0.0437. The standard InChI is InChI=1S/C37H47ClN4O5S/c1-23-6-4-8-33(46-3)30-14-9-27(30)20-42-21-37(17-5-7-25-18-28(38)11-15-31(25)37)22-47-34-16-10-26(19-32(34)42)35(43)40-48(45,24(23)2)41-36(44)39-29-12-13-29/h4,8,10-11,15-16,18-19,23-24,27,29-30,33H,5-7,9,12-14,17,20-22H2,1-3H3,(H2,39,40,41,43,44,45)/b8-4-/t23-,24+,27-,30+,33-,37-,48?/m0/s1. The average molecular weight is 695 g/mol. The number of halogens is 1. The number of hydrogen-bond donors (Lipinski definition) is 2. The van der Waals surface area contributed by atoms with E-state index in [1.807, 2.05) is 25.1 Å². The highest BCUT2D eigenvalue weighted by Crippen LogP contribution is 2.47. The van der Waals surface area contributed by atoms with Crippen molar-refractivity contribution in [3.05, 3.63) is 70.3 Å². The van der Waals surface area contributed by atoms with E-state index >= 15 is 0 Å². The van der Waals surface area contributed by atoms with Gasteiger partial charge >= 0.3 is 6.03 Å². The maximum Gasteiger partial charge on any atom is 0.327 e. The molecule has 0 saturated heterocycles. The van der Waals surface area contributed by atoms with Crippen LogP contribution in [-0.4, -0.2) is 60.3 Å². The molecule has 3 aliphatic carbocycles. The molecule has 2 heterocycles. The van der Waals surface area contributed by atoms with Crippen LogP contribution in [0.2, 0.25) is 5.02 Å².